The van der Waals surface area contributed by atoms with Crippen LogP contribution in [0.4, 0.5) is 0 Å². The van der Waals surface area contributed by atoms with Crippen LogP contribution in [0.25, 0.3) is 0 Å². The van der Waals surface area contributed by atoms with Gasteiger partial charge < -0.3 is 14.1 Å². The Bertz CT molecular complexity index is 338. The first-order chi connectivity index (χ1) is 7.70. The molecule has 0 atom stereocenters. The number of alkyl halides is 1. The van der Waals surface area contributed by atoms with Crippen LogP contribution in [0.3, 0.4) is 0 Å². The molecule has 0 unspecified atom stereocenters. The number of methoxy groups -OCH3 is 1. The molecule has 0 N–H and O–H groups in total. The molecular formula is C11H16ClNO3. The second-order valence-corrected chi connectivity index (χ2v) is 3.78. The van der Waals surface area contributed by atoms with Crippen molar-refractivity contribution in [3.63, 3.8) is 0 Å². The molecule has 4 nitrogen and oxygen atoms in total. The van der Waals surface area contributed by atoms with Gasteiger partial charge in [0.2, 0.25) is 0 Å². The summed E-state index contributed by atoms with van der Waals surface area (Å²) in [7, 11) is 1.60. The van der Waals surface area contributed by atoms with Crippen molar-refractivity contribution in [2.24, 2.45) is 0 Å². The third-order valence-electron chi connectivity index (χ3n) is 2.26. The number of carbonyl (C=O) groups excluding carboxylic acids is 1. The fourth-order valence-electron chi connectivity index (χ4n) is 1.35. The van der Waals surface area contributed by atoms with Crippen molar-refractivity contribution < 1.29 is 13.9 Å². The number of ether oxygens (including phenoxy) is 1. The van der Waals surface area contributed by atoms with Crippen molar-refractivity contribution in [1.29, 1.82) is 0 Å². The van der Waals surface area contributed by atoms with E-state index in [1.54, 1.807) is 18.1 Å². The van der Waals surface area contributed by atoms with Crippen LogP contribution in [0, 0.1) is 6.92 Å². The third kappa shape index (κ3) is 3.25. The fraction of sp³-hybridized carbons (Fsp3) is 0.545. The van der Waals surface area contributed by atoms with E-state index in [1.165, 1.54) is 6.26 Å². The molecule has 1 heterocycles. The number of halogens is 1. The lowest BCUT2D eigenvalue weighted by atomic mass is 10.2. The summed E-state index contributed by atoms with van der Waals surface area (Å²) in [5.41, 5.74) is 0.835. The van der Waals surface area contributed by atoms with Gasteiger partial charge in [0.05, 0.1) is 12.9 Å². The molecule has 0 bridgehead atoms. The number of amides is 1. The molecule has 1 rings (SSSR count). The van der Waals surface area contributed by atoms with E-state index >= 15 is 0 Å². The maximum Gasteiger partial charge on any atom is 0.289 e. The monoisotopic (exact) mass is 245 g/mol. The molecule has 0 aromatic carbocycles. The number of furan rings is 1. The number of nitrogens with zero attached hydrogens (tertiary/aromatic N) is 1. The van der Waals surface area contributed by atoms with Crippen LogP contribution in [0.15, 0.2) is 16.7 Å². The average Bonchev–Trinajstić information content (AvgIpc) is 2.69. The summed E-state index contributed by atoms with van der Waals surface area (Å²) in [5, 5.41) is 0. The summed E-state index contributed by atoms with van der Waals surface area (Å²) >= 11 is 5.66. The highest BCUT2D eigenvalue weighted by molar-refractivity contribution is 6.18. The molecule has 0 fully saturated rings. The molecule has 0 spiro atoms. The van der Waals surface area contributed by atoms with Crippen LogP contribution in [0.1, 0.15) is 16.1 Å². The van der Waals surface area contributed by atoms with Gasteiger partial charge in [0, 0.05) is 31.6 Å². The number of hydrogen-bond donors (Lipinski definition) is 0. The van der Waals surface area contributed by atoms with Gasteiger partial charge in [-0.2, -0.15) is 0 Å². The molecule has 0 radical (unpaired) electrons. The van der Waals surface area contributed by atoms with Gasteiger partial charge in [-0.3, -0.25) is 4.79 Å². The maximum absolute atomic E-state index is 12.0. The SMILES string of the molecule is COCCN(CCCl)C(=O)c1occc1C. The van der Waals surface area contributed by atoms with Crippen molar-refractivity contribution in [2.45, 2.75) is 6.92 Å². The van der Waals surface area contributed by atoms with Gasteiger partial charge in [0.1, 0.15) is 0 Å². The summed E-state index contributed by atoms with van der Waals surface area (Å²) in [5.74, 6) is 0.635. The quantitative estimate of drug-likeness (QED) is 0.719. The zero-order valence-corrected chi connectivity index (χ0v) is 10.3. The molecule has 1 amide bonds. The minimum absolute atomic E-state index is 0.139. The molecule has 90 valence electrons. The predicted molar refractivity (Wildman–Crippen MR) is 61.9 cm³/mol. The van der Waals surface area contributed by atoms with Crippen molar-refractivity contribution in [3.8, 4) is 0 Å². The number of rotatable bonds is 6. The molecule has 16 heavy (non-hydrogen) atoms. The second-order valence-electron chi connectivity index (χ2n) is 3.41. The number of aryl methyl sites for hydroxylation is 1. The zero-order valence-electron chi connectivity index (χ0n) is 9.53. The van der Waals surface area contributed by atoms with E-state index in [2.05, 4.69) is 0 Å². The van der Waals surface area contributed by atoms with Crippen molar-refractivity contribution in [3.05, 3.63) is 23.7 Å². The molecule has 1 aromatic rings. The van der Waals surface area contributed by atoms with Gasteiger partial charge in [-0.15, -0.1) is 11.6 Å². The summed E-state index contributed by atoms with van der Waals surface area (Å²) in [6.07, 6.45) is 1.51. The van der Waals surface area contributed by atoms with Crippen LogP contribution in [0.2, 0.25) is 0 Å². The van der Waals surface area contributed by atoms with Crippen LogP contribution in [0.5, 0.6) is 0 Å². The van der Waals surface area contributed by atoms with E-state index in [4.69, 9.17) is 20.8 Å². The van der Waals surface area contributed by atoms with Crippen molar-refractivity contribution >= 4 is 17.5 Å². The highest BCUT2D eigenvalue weighted by atomic mass is 35.5. The summed E-state index contributed by atoms with van der Waals surface area (Å²) in [6, 6.07) is 1.77. The highest BCUT2D eigenvalue weighted by Gasteiger charge is 2.19. The Morgan fingerprint density at radius 3 is 2.81 bits per heavy atom. The average molecular weight is 246 g/mol. The van der Waals surface area contributed by atoms with E-state index in [0.29, 0.717) is 31.3 Å². The highest BCUT2D eigenvalue weighted by Crippen LogP contribution is 2.12. The van der Waals surface area contributed by atoms with Gasteiger partial charge in [-0.25, -0.2) is 0 Å². The standard InChI is InChI=1S/C11H16ClNO3/c1-9-3-7-16-10(9)11(14)13(5-4-12)6-8-15-2/h3,7H,4-6,8H2,1-2H3. The van der Waals surface area contributed by atoms with E-state index in [0.717, 1.165) is 5.56 Å². The topological polar surface area (TPSA) is 42.7 Å². The molecule has 0 aliphatic heterocycles. The molecular weight excluding hydrogens is 230 g/mol. The Morgan fingerprint density at radius 2 is 2.31 bits per heavy atom. The largest absolute Gasteiger partial charge is 0.459 e. The number of hydrogen-bond acceptors (Lipinski definition) is 3. The first-order valence-corrected chi connectivity index (χ1v) is 5.62. The molecule has 5 heteroatoms. The summed E-state index contributed by atoms with van der Waals surface area (Å²) in [4.78, 5) is 13.7. The minimum atomic E-state index is -0.139. The second kappa shape index (κ2) is 6.55. The maximum atomic E-state index is 12.0. The lowest BCUT2D eigenvalue weighted by Gasteiger charge is -2.20. The van der Waals surface area contributed by atoms with Gasteiger partial charge in [-0.05, 0) is 13.0 Å². The predicted octanol–water partition coefficient (Wildman–Crippen LogP) is 1.92. The molecule has 0 saturated carbocycles. The Kier molecular flexibility index (Phi) is 5.35. The van der Waals surface area contributed by atoms with Gasteiger partial charge in [-0.1, -0.05) is 0 Å². The van der Waals surface area contributed by atoms with E-state index in [9.17, 15) is 4.79 Å². The lowest BCUT2D eigenvalue weighted by molar-refractivity contribution is 0.0676. The van der Waals surface area contributed by atoms with Gasteiger partial charge in [0.15, 0.2) is 5.76 Å². The lowest BCUT2D eigenvalue weighted by Crippen LogP contribution is -2.35. The van der Waals surface area contributed by atoms with Gasteiger partial charge in [0.25, 0.3) is 5.91 Å². The Hall–Kier alpha value is -1.00. The summed E-state index contributed by atoms with van der Waals surface area (Å²) < 4.78 is 10.1. The molecule has 0 saturated heterocycles. The van der Waals surface area contributed by atoms with Crippen molar-refractivity contribution in [2.75, 3.05) is 32.7 Å². The normalized spacial score (nSPS) is 10.4. The first kappa shape index (κ1) is 13.1. The summed E-state index contributed by atoms with van der Waals surface area (Å²) in [6.45, 7) is 3.33. The molecule has 1 aromatic heterocycles. The first-order valence-electron chi connectivity index (χ1n) is 5.09. The third-order valence-corrected chi connectivity index (χ3v) is 2.43. The van der Waals surface area contributed by atoms with Crippen LogP contribution < -0.4 is 0 Å². The van der Waals surface area contributed by atoms with Gasteiger partial charge >= 0.3 is 0 Å². The van der Waals surface area contributed by atoms with Crippen LogP contribution in [-0.4, -0.2) is 43.5 Å². The van der Waals surface area contributed by atoms with Crippen LogP contribution >= 0.6 is 11.6 Å². The van der Waals surface area contributed by atoms with Crippen molar-refractivity contribution in [1.82, 2.24) is 4.90 Å². The molecule has 0 aliphatic carbocycles. The Morgan fingerprint density at radius 1 is 1.56 bits per heavy atom. The zero-order chi connectivity index (χ0) is 12.0. The van der Waals surface area contributed by atoms with E-state index < -0.39 is 0 Å². The minimum Gasteiger partial charge on any atom is -0.459 e. The smallest absolute Gasteiger partial charge is 0.289 e. The van der Waals surface area contributed by atoms with Crippen LogP contribution in [-0.2, 0) is 4.74 Å². The Labute approximate surface area is 100 Å². The number of carbonyl (C=O) groups is 1. The molecule has 0 aliphatic rings. The van der Waals surface area contributed by atoms with E-state index in [-0.39, 0.29) is 5.91 Å². The fourth-order valence-corrected chi connectivity index (χ4v) is 1.56. The Balaban J connectivity index is 2.70. The van der Waals surface area contributed by atoms with E-state index in [1.807, 2.05) is 6.92 Å².